The molecule has 0 fully saturated rings. The molecule has 0 unspecified atom stereocenters. The highest BCUT2D eigenvalue weighted by Gasteiger charge is 2.27. The molecule has 14 rings (SSSR count). The predicted octanol–water partition coefficient (Wildman–Crippen LogP) is 13.3. The fraction of sp³-hybridized carbons (Fsp3) is 0. The Kier molecular flexibility index (Phi) is 5.34. The molecular formula is C50H27N5S. The van der Waals surface area contributed by atoms with E-state index in [1.165, 1.54) is 75.1 Å². The summed E-state index contributed by atoms with van der Waals surface area (Å²) in [5, 5.41) is 13.4. The van der Waals surface area contributed by atoms with E-state index in [0.29, 0.717) is 5.95 Å². The van der Waals surface area contributed by atoms with E-state index < -0.39 is 0 Å². The molecule has 258 valence electrons. The summed E-state index contributed by atoms with van der Waals surface area (Å²) in [7, 11) is 0. The summed E-state index contributed by atoms with van der Waals surface area (Å²) in [6, 6.07) is 59.6. The van der Waals surface area contributed by atoms with Gasteiger partial charge in [-0.1, -0.05) is 115 Å². The lowest BCUT2D eigenvalue weighted by Crippen LogP contribution is -2.06. The van der Waals surface area contributed by atoms with Crippen molar-refractivity contribution in [2.24, 2.45) is 0 Å². The van der Waals surface area contributed by atoms with Crippen LogP contribution in [0.1, 0.15) is 0 Å². The van der Waals surface area contributed by atoms with Crippen molar-refractivity contribution in [2.75, 3.05) is 0 Å². The molecule has 0 saturated heterocycles. The minimum absolute atomic E-state index is 0.662. The van der Waals surface area contributed by atoms with E-state index in [1.807, 2.05) is 0 Å². The molecule has 0 amide bonds. The average Bonchev–Trinajstić information content (AvgIpc) is 4.04. The number of rotatable bonds is 2. The summed E-state index contributed by atoms with van der Waals surface area (Å²) in [4.78, 5) is 11.3. The second-order valence-electron chi connectivity index (χ2n) is 15.0. The second-order valence-corrected chi connectivity index (χ2v) is 16.0. The molecule has 0 radical (unpaired) electrons. The first-order chi connectivity index (χ1) is 27.8. The maximum absolute atomic E-state index is 5.72. The fourth-order valence-electron chi connectivity index (χ4n) is 9.88. The summed E-state index contributed by atoms with van der Waals surface area (Å²) in [5.74, 6) is 1.56. The Hall–Kier alpha value is -7.28. The van der Waals surface area contributed by atoms with Crippen molar-refractivity contribution in [3.63, 3.8) is 0 Å². The average molecular weight is 730 g/mol. The SMILES string of the molecule is c1ccc2cc3c(cc2c1)c1c2c4ccccc4n4c5ccccc5c(cc1n3-c1nc(-n3c5ccccc5c5ccccc53)c3sc5ccccc5c3n1)c24. The highest BCUT2D eigenvalue weighted by molar-refractivity contribution is 7.26. The zero-order valence-electron chi connectivity index (χ0n) is 29.7. The van der Waals surface area contributed by atoms with E-state index in [0.717, 1.165) is 43.5 Å². The van der Waals surface area contributed by atoms with Gasteiger partial charge in [-0.05, 0) is 59.3 Å². The number of thiophene rings is 1. The summed E-state index contributed by atoms with van der Waals surface area (Å²) in [5.41, 5.74) is 9.13. The molecule has 0 N–H and O–H groups in total. The van der Waals surface area contributed by atoms with Crippen LogP contribution in [0.3, 0.4) is 0 Å². The Morgan fingerprint density at radius 2 is 0.964 bits per heavy atom. The highest BCUT2D eigenvalue weighted by atomic mass is 32.1. The summed E-state index contributed by atoms with van der Waals surface area (Å²) < 4.78 is 9.45. The van der Waals surface area contributed by atoms with Gasteiger partial charge < -0.3 is 4.40 Å². The van der Waals surface area contributed by atoms with Crippen LogP contribution in [0.4, 0.5) is 0 Å². The second kappa shape index (κ2) is 10.3. The molecule has 56 heavy (non-hydrogen) atoms. The molecule has 0 saturated carbocycles. The van der Waals surface area contributed by atoms with Gasteiger partial charge in [0, 0.05) is 53.2 Å². The molecule has 14 aromatic rings. The molecule has 6 heterocycles. The fourth-order valence-corrected chi connectivity index (χ4v) is 11.0. The van der Waals surface area contributed by atoms with Crippen LogP contribution in [0.5, 0.6) is 0 Å². The van der Waals surface area contributed by atoms with Crippen molar-refractivity contribution in [1.82, 2.24) is 23.5 Å². The molecule has 0 atom stereocenters. The Morgan fingerprint density at radius 3 is 1.70 bits per heavy atom. The van der Waals surface area contributed by atoms with Crippen LogP contribution >= 0.6 is 11.3 Å². The highest BCUT2D eigenvalue weighted by Crippen LogP contribution is 2.48. The summed E-state index contributed by atoms with van der Waals surface area (Å²) >= 11 is 1.77. The lowest BCUT2D eigenvalue weighted by atomic mass is 10.0. The number of hydrogen-bond acceptors (Lipinski definition) is 3. The van der Waals surface area contributed by atoms with Crippen LogP contribution in [-0.4, -0.2) is 23.5 Å². The van der Waals surface area contributed by atoms with Crippen LogP contribution in [-0.2, 0) is 0 Å². The standard InChI is InChI=1S/C50H27N5S/c1-2-14-29-26-41-36(25-28(29)13-1)44-42(27-35-32-17-5-8-20-37(32)53-40-23-11-6-18-33(40)45(44)47(35)53)55(41)50-51-46-34-19-7-12-24-43(34)56-48(46)49(52-50)54-38-21-9-3-15-30(38)31-16-4-10-22-39(31)54/h1-27H. The van der Waals surface area contributed by atoms with Gasteiger partial charge in [0.1, 0.15) is 0 Å². The van der Waals surface area contributed by atoms with Crippen molar-refractivity contribution in [1.29, 1.82) is 0 Å². The van der Waals surface area contributed by atoms with Crippen molar-refractivity contribution in [3.05, 3.63) is 164 Å². The molecule has 0 aliphatic rings. The van der Waals surface area contributed by atoms with Crippen LogP contribution in [0.2, 0.25) is 0 Å². The molecule has 6 aromatic heterocycles. The minimum Gasteiger partial charge on any atom is -0.308 e. The lowest BCUT2D eigenvalue weighted by Gasteiger charge is -2.13. The van der Waals surface area contributed by atoms with Crippen molar-refractivity contribution >= 4 is 124 Å². The molecule has 6 heteroatoms. The van der Waals surface area contributed by atoms with E-state index in [4.69, 9.17) is 9.97 Å². The molecule has 8 aromatic carbocycles. The van der Waals surface area contributed by atoms with Crippen LogP contribution < -0.4 is 0 Å². The number of benzene rings is 8. The maximum Gasteiger partial charge on any atom is 0.237 e. The smallest absolute Gasteiger partial charge is 0.237 e. The van der Waals surface area contributed by atoms with Crippen molar-refractivity contribution in [3.8, 4) is 11.8 Å². The monoisotopic (exact) mass is 729 g/mol. The van der Waals surface area contributed by atoms with Crippen LogP contribution in [0.25, 0.3) is 125 Å². The quantitative estimate of drug-likeness (QED) is 0.178. The van der Waals surface area contributed by atoms with Gasteiger partial charge in [-0.15, -0.1) is 11.3 Å². The van der Waals surface area contributed by atoms with Crippen LogP contribution in [0.15, 0.2) is 164 Å². The summed E-state index contributed by atoms with van der Waals surface area (Å²) in [6.07, 6.45) is 0. The number of nitrogens with zero attached hydrogens (tertiary/aromatic N) is 5. The number of aromatic nitrogens is 5. The van der Waals surface area contributed by atoms with Crippen LogP contribution in [0, 0.1) is 0 Å². The molecule has 0 spiro atoms. The van der Waals surface area contributed by atoms with Gasteiger partial charge in [-0.25, -0.2) is 4.98 Å². The Bertz CT molecular complexity index is 3960. The number of para-hydroxylation sites is 4. The third-order valence-electron chi connectivity index (χ3n) is 12.1. The van der Waals surface area contributed by atoms with E-state index >= 15 is 0 Å². The first kappa shape index (κ1) is 29.1. The topological polar surface area (TPSA) is 40.0 Å². The van der Waals surface area contributed by atoms with E-state index in [9.17, 15) is 0 Å². The normalized spacial score (nSPS) is 12.6. The molecular weight excluding hydrogens is 703 g/mol. The molecule has 0 bridgehead atoms. The van der Waals surface area contributed by atoms with Gasteiger partial charge in [0.05, 0.1) is 48.8 Å². The van der Waals surface area contributed by atoms with E-state index in [1.54, 1.807) is 11.3 Å². The minimum atomic E-state index is 0.662. The zero-order chi connectivity index (χ0) is 36.2. The van der Waals surface area contributed by atoms with Gasteiger partial charge in [0.2, 0.25) is 5.95 Å². The van der Waals surface area contributed by atoms with Crippen molar-refractivity contribution < 1.29 is 0 Å². The van der Waals surface area contributed by atoms with E-state index in [2.05, 4.69) is 177 Å². The van der Waals surface area contributed by atoms with Gasteiger partial charge >= 0.3 is 0 Å². The summed E-state index contributed by atoms with van der Waals surface area (Å²) in [6.45, 7) is 0. The maximum atomic E-state index is 5.72. The van der Waals surface area contributed by atoms with E-state index in [-0.39, 0.29) is 0 Å². The Morgan fingerprint density at radius 1 is 0.393 bits per heavy atom. The van der Waals surface area contributed by atoms with Gasteiger partial charge in [-0.2, -0.15) is 4.98 Å². The molecule has 5 nitrogen and oxygen atoms in total. The third-order valence-corrected chi connectivity index (χ3v) is 13.3. The van der Waals surface area contributed by atoms with Gasteiger partial charge in [0.15, 0.2) is 5.82 Å². The Labute approximate surface area is 321 Å². The third kappa shape index (κ3) is 3.51. The predicted molar refractivity (Wildman–Crippen MR) is 236 cm³/mol. The largest absolute Gasteiger partial charge is 0.308 e. The molecule has 0 aliphatic carbocycles. The lowest BCUT2D eigenvalue weighted by molar-refractivity contribution is 0.977. The Balaban J connectivity index is 1.23. The number of hydrogen-bond donors (Lipinski definition) is 0. The van der Waals surface area contributed by atoms with Gasteiger partial charge in [0.25, 0.3) is 0 Å². The zero-order valence-corrected chi connectivity index (χ0v) is 30.5. The number of fused-ring (bicyclic) bond motifs is 17. The molecule has 0 aliphatic heterocycles. The van der Waals surface area contributed by atoms with Crippen molar-refractivity contribution in [2.45, 2.75) is 0 Å². The first-order valence-corrected chi connectivity index (χ1v) is 19.8. The first-order valence-electron chi connectivity index (χ1n) is 19.0. The van der Waals surface area contributed by atoms with Gasteiger partial charge in [-0.3, -0.25) is 9.13 Å².